The summed E-state index contributed by atoms with van der Waals surface area (Å²) < 4.78 is 0. The zero-order valence-electron chi connectivity index (χ0n) is 11.4. The highest BCUT2D eigenvalue weighted by atomic mass is 15.1. The molecule has 0 saturated carbocycles. The average Bonchev–Trinajstić information content (AvgIpc) is 2.38. The summed E-state index contributed by atoms with van der Waals surface area (Å²) in [7, 11) is 1.97. The van der Waals surface area contributed by atoms with Crippen molar-refractivity contribution in [1.29, 1.82) is 0 Å². The summed E-state index contributed by atoms with van der Waals surface area (Å²) >= 11 is 0. The second-order valence-corrected chi connectivity index (χ2v) is 4.69. The molecule has 0 saturated heterocycles. The van der Waals surface area contributed by atoms with Crippen molar-refractivity contribution in [3.8, 4) is 0 Å². The molecule has 1 heterocycles. The lowest BCUT2D eigenvalue weighted by atomic mass is 9.93. The van der Waals surface area contributed by atoms with Gasteiger partial charge in [-0.3, -0.25) is 0 Å². The second kappa shape index (κ2) is 5.27. The molecule has 1 aromatic carbocycles. The summed E-state index contributed by atoms with van der Waals surface area (Å²) in [5.74, 6) is 0. The van der Waals surface area contributed by atoms with E-state index in [1.807, 2.05) is 19.3 Å². The molecule has 0 spiro atoms. The van der Waals surface area contributed by atoms with E-state index in [2.05, 4.69) is 48.4 Å². The molecule has 1 N–H and O–H groups in total. The number of hydrogen-bond acceptors (Lipinski definition) is 3. The van der Waals surface area contributed by atoms with Gasteiger partial charge in [0, 0.05) is 6.20 Å². The van der Waals surface area contributed by atoms with E-state index in [4.69, 9.17) is 0 Å². The third-order valence-electron chi connectivity index (χ3n) is 3.42. The van der Waals surface area contributed by atoms with Crippen LogP contribution in [0.4, 0.5) is 0 Å². The van der Waals surface area contributed by atoms with Crippen molar-refractivity contribution < 1.29 is 0 Å². The van der Waals surface area contributed by atoms with E-state index < -0.39 is 0 Å². The quantitative estimate of drug-likeness (QED) is 0.897. The Morgan fingerprint density at radius 1 is 1.00 bits per heavy atom. The number of hydrogen-bond donors (Lipinski definition) is 1. The standard InChI is InChI=1S/C15H19N3/c1-10-7-12(3)14(8-11(10)2)15(16-4)13-5-6-17-18-9-13/h5-9,15-16H,1-4H3. The summed E-state index contributed by atoms with van der Waals surface area (Å²) in [6, 6.07) is 6.67. The minimum atomic E-state index is 0.166. The molecule has 2 aromatic rings. The summed E-state index contributed by atoms with van der Waals surface area (Å²) in [5, 5.41) is 11.1. The van der Waals surface area contributed by atoms with Crippen molar-refractivity contribution in [2.75, 3.05) is 7.05 Å². The molecule has 18 heavy (non-hydrogen) atoms. The molecule has 0 radical (unpaired) electrons. The van der Waals surface area contributed by atoms with Gasteiger partial charge in [0.25, 0.3) is 0 Å². The topological polar surface area (TPSA) is 37.8 Å². The number of nitrogens with one attached hydrogen (secondary N) is 1. The fraction of sp³-hybridized carbons (Fsp3) is 0.333. The van der Waals surface area contributed by atoms with Crippen molar-refractivity contribution in [3.05, 3.63) is 58.4 Å². The Morgan fingerprint density at radius 2 is 1.72 bits per heavy atom. The zero-order chi connectivity index (χ0) is 13.1. The number of nitrogens with zero attached hydrogens (tertiary/aromatic N) is 2. The van der Waals surface area contributed by atoms with E-state index in [1.54, 1.807) is 6.20 Å². The van der Waals surface area contributed by atoms with Crippen LogP contribution in [0.2, 0.25) is 0 Å². The minimum absolute atomic E-state index is 0.166. The molecule has 0 aliphatic rings. The molecular formula is C15H19N3. The van der Waals surface area contributed by atoms with Crippen LogP contribution in [0.5, 0.6) is 0 Å². The monoisotopic (exact) mass is 241 g/mol. The number of aryl methyl sites for hydroxylation is 3. The van der Waals surface area contributed by atoms with E-state index in [-0.39, 0.29) is 6.04 Å². The highest BCUT2D eigenvalue weighted by Gasteiger charge is 2.15. The van der Waals surface area contributed by atoms with Crippen LogP contribution in [0.1, 0.15) is 33.9 Å². The maximum Gasteiger partial charge on any atom is 0.0593 e. The van der Waals surface area contributed by atoms with Crippen molar-refractivity contribution in [3.63, 3.8) is 0 Å². The van der Waals surface area contributed by atoms with Crippen molar-refractivity contribution in [2.45, 2.75) is 26.8 Å². The molecule has 1 unspecified atom stereocenters. The van der Waals surface area contributed by atoms with Crippen LogP contribution in [0.15, 0.2) is 30.6 Å². The maximum absolute atomic E-state index is 3.96. The van der Waals surface area contributed by atoms with Gasteiger partial charge in [0.1, 0.15) is 0 Å². The molecule has 0 amide bonds. The van der Waals surface area contributed by atoms with Gasteiger partial charge in [-0.1, -0.05) is 12.1 Å². The Morgan fingerprint density at radius 3 is 2.33 bits per heavy atom. The average molecular weight is 241 g/mol. The molecule has 0 aliphatic carbocycles. The van der Waals surface area contributed by atoms with Gasteiger partial charge >= 0.3 is 0 Å². The second-order valence-electron chi connectivity index (χ2n) is 4.69. The zero-order valence-corrected chi connectivity index (χ0v) is 11.4. The van der Waals surface area contributed by atoms with Crippen LogP contribution in [0, 0.1) is 20.8 Å². The van der Waals surface area contributed by atoms with Gasteiger partial charge in [-0.05, 0) is 61.7 Å². The SMILES string of the molecule is CNC(c1ccnnc1)c1cc(C)c(C)cc1C. The number of rotatable bonds is 3. The van der Waals surface area contributed by atoms with Crippen LogP contribution in [0.3, 0.4) is 0 Å². The van der Waals surface area contributed by atoms with Crippen molar-refractivity contribution in [2.24, 2.45) is 0 Å². The molecule has 1 aromatic heterocycles. The first kappa shape index (κ1) is 12.7. The molecule has 3 heteroatoms. The molecular weight excluding hydrogens is 222 g/mol. The summed E-state index contributed by atoms with van der Waals surface area (Å²) in [4.78, 5) is 0. The Hall–Kier alpha value is -1.74. The minimum Gasteiger partial charge on any atom is -0.309 e. The highest BCUT2D eigenvalue weighted by molar-refractivity contribution is 5.41. The molecule has 2 rings (SSSR count). The lowest BCUT2D eigenvalue weighted by molar-refractivity contribution is 0.680. The number of benzene rings is 1. The summed E-state index contributed by atoms with van der Waals surface area (Å²) in [6.45, 7) is 6.45. The molecule has 0 bridgehead atoms. The van der Waals surface area contributed by atoms with E-state index in [9.17, 15) is 0 Å². The van der Waals surface area contributed by atoms with E-state index in [0.717, 1.165) is 5.56 Å². The lowest BCUT2D eigenvalue weighted by Crippen LogP contribution is -2.19. The van der Waals surface area contributed by atoms with Crippen LogP contribution in [-0.4, -0.2) is 17.2 Å². The summed E-state index contributed by atoms with van der Waals surface area (Å²) in [6.07, 6.45) is 3.55. The first-order chi connectivity index (χ1) is 8.63. The lowest BCUT2D eigenvalue weighted by Gasteiger charge is -2.20. The van der Waals surface area contributed by atoms with Gasteiger partial charge in [-0.15, -0.1) is 0 Å². The van der Waals surface area contributed by atoms with Crippen LogP contribution in [0.25, 0.3) is 0 Å². The Balaban J connectivity index is 2.49. The predicted octanol–water partition coefficient (Wildman–Crippen LogP) is 2.71. The largest absolute Gasteiger partial charge is 0.309 e. The van der Waals surface area contributed by atoms with Gasteiger partial charge < -0.3 is 5.32 Å². The van der Waals surface area contributed by atoms with Crippen molar-refractivity contribution >= 4 is 0 Å². The normalized spacial score (nSPS) is 12.4. The Bertz CT molecular complexity index is 535. The third-order valence-corrected chi connectivity index (χ3v) is 3.42. The molecule has 0 aliphatic heterocycles. The third kappa shape index (κ3) is 2.41. The van der Waals surface area contributed by atoms with E-state index in [1.165, 1.54) is 22.3 Å². The van der Waals surface area contributed by atoms with Crippen LogP contribution < -0.4 is 5.32 Å². The van der Waals surface area contributed by atoms with Gasteiger partial charge in [0.2, 0.25) is 0 Å². The predicted molar refractivity (Wildman–Crippen MR) is 73.6 cm³/mol. The Kier molecular flexibility index (Phi) is 3.72. The Labute approximate surface area is 108 Å². The highest BCUT2D eigenvalue weighted by Crippen LogP contribution is 2.26. The van der Waals surface area contributed by atoms with E-state index in [0.29, 0.717) is 0 Å². The van der Waals surface area contributed by atoms with Gasteiger partial charge in [-0.2, -0.15) is 10.2 Å². The first-order valence-electron chi connectivity index (χ1n) is 6.15. The first-order valence-corrected chi connectivity index (χ1v) is 6.15. The van der Waals surface area contributed by atoms with Crippen LogP contribution in [-0.2, 0) is 0 Å². The van der Waals surface area contributed by atoms with Gasteiger partial charge in [-0.25, -0.2) is 0 Å². The molecule has 0 fully saturated rings. The van der Waals surface area contributed by atoms with Gasteiger partial charge in [0.15, 0.2) is 0 Å². The molecule has 94 valence electrons. The van der Waals surface area contributed by atoms with E-state index >= 15 is 0 Å². The molecule has 1 atom stereocenters. The molecule has 3 nitrogen and oxygen atoms in total. The number of aromatic nitrogens is 2. The smallest absolute Gasteiger partial charge is 0.0593 e. The fourth-order valence-electron chi connectivity index (χ4n) is 2.27. The van der Waals surface area contributed by atoms with Gasteiger partial charge in [0.05, 0.1) is 12.2 Å². The fourth-order valence-corrected chi connectivity index (χ4v) is 2.27. The maximum atomic E-state index is 3.96. The van der Waals surface area contributed by atoms with Crippen molar-refractivity contribution in [1.82, 2.24) is 15.5 Å². The van der Waals surface area contributed by atoms with Crippen LogP contribution >= 0.6 is 0 Å². The summed E-state index contributed by atoms with van der Waals surface area (Å²) in [5.41, 5.74) is 6.39.